The third-order valence-electron chi connectivity index (χ3n) is 2.79. The van der Waals surface area contributed by atoms with Gasteiger partial charge in [0.2, 0.25) is 5.24 Å². The van der Waals surface area contributed by atoms with Crippen LogP contribution in [-0.4, -0.2) is 17.8 Å². The monoisotopic (exact) mass is 276 g/mol. The Morgan fingerprint density at radius 3 is 2.00 bits per heavy atom. The van der Waals surface area contributed by atoms with Crippen molar-refractivity contribution in [3.8, 4) is 0 Å². The van der Waals surface area contributed by atoms with Crippen molar-refractivity contribution >= 4 is 22.8 Å². The van der Waals surface area contributed by atoms with Crippen molar-refractivity contribution in [3.05, 3.63) is 0 Å². The Bertz CT molecular complexity index is 229. The lowest BCUT2D eigenvalue weighted by Gasteiger charge is -2.04. The fourth-order valence-electron chi connectivity index (χ4n) is 1.69. The molecule has 0 saturated heterocycles. The minimum absolute atomic E-state index is 0.0673. The highest BCUT2D eigenvalue weighted by molar-refractivity contribution is 6.63. The van der Waals surface area contributed by atoms with E-state index in [4.69, 9.17) is 16.3 Å². The summed E-state index contributed by atoms with van der Waals surface area (Å²) in [5, 5.41) is -0.487. The maximum Gasteiger partial charge on any atom is 0.306 e. The first-order valence-electron chi connectivity index (χ1n) is 7.00. The summed E-state index contributed by atoms with van der Waals surface area (Å²) >= 11 is 5.13. The van der Waals surface area contributed by atoms with Crippen LogP contribution in [0.3, 0.4) is 0 Å². The number of hydrogen-bond donors (Lipinski definition) is 0. The molecule has 0 aliphatic heterocycles. The standard InChI is InChI=1S/C14H25ClO3/c1-2-3-4-5-6-7-8-9-12-18-14(17)11-10-13(15)16/h2-12H2,1H3. The zero-order valence-corrected chi connectivity index (χ0v) is 12.1. The Hall–Kier alpha value is -0.570. The van der Waals surface area contributed by atoms with Gasteiger partial charge in [0, 0.05) is 6.42 Å². The largest absolute Gasteiger partial charge is 0.466 e. The summed E-state index contributed by atoms with van der Waals surface area (Å²) in [7, 11) is 0. The Morgan fingerprint density at radius 2 is 1.44 bits per heavy atom. The highest BCUT2D eigenvalue weighted by Crippen LogP contribution is 2.08. The molecule has 0 amide bonds. The molecule has 0 unspecified atom stereocenters. The van der Waals surface area contributed by atoms with Gasteiger partial charge >= 0.3 is 5.97 Å². The van der Waals surface area contributed by atoms with E-state index in [-0.39, 0.29) is 18.8 Å². The van der Waals surface area contributed by atoms with Crippen molar-refractivity contribution in [3.63, 3.8) is 0 Å². The topological polar surface area (TPSA) is 43.4 Å². The lowest BCUT2D eigenvalue weighted by molar-refractivity contribution is -0.144. The van der Waals surface area contributed by atoms with E-state index < -0.39 is 5.24 Å². The highest BCUT2D eigenvalue weighted by Gasteiger charge is 2.05. The number of esters is 1. The smallest absolute Gasteiger partial charge is 0.306 e. The Labute approximate surface area is 115 Å². The zero-order chi connectivity index (χ0) is 13.6. The highest BCUT2D eigenvalue weighted by atomic mass is 35.5. The first kappa shape index (κ1) is 17.4. The first-order valence-corrected chi connectivity index (χ1v) is 7.38. The average molecular weight is 277 g/mol. The summed E-state index contributed by atoms with van der Waals surface area (Å²) in [5.74, 6) is -0.327. The molecule has 0 aromatic rings. The molecule has 18 heavy (non-hydrogen) atoms. The zero-order valence-electron chi connectivity index (χ0n) is 11.4. The van der Waals surface area contributed by atoms with Crippen LogP contribution in [0.4, 0.5) is 0 Å². The number of carbonyl (C=O) groups is 2. The van der Waals surface area contributed by atoms with Crippen LogP contribution in [0.1, 0.15) is 71.1 Å². The van der Waals surface area contributed by atoms with E-state index in [0.29, 0.717) is 6.61 Å². The van der Waals surface area contributed by atoms with Crippen molar-refractivity contribution in [2.45, 2.75) is 71.1 Å². The molecule has 3 nitrogen and oxygen atoms in total. The summed E-state index contributed by atoms with van der Waals surface area (Å²) in [6.45, 7) is 2.68. The molecule has 0 N–H and O–H groups in total. The summed E-state index contributed by atoms with van der Waals surface area (Å²) in [6.07, 6.45) is 9.91. The van der Waals surface area contributed by atoms with Gasteiger partial charge in [-0.1, -0.05) is 51.9 Å². The Kier molecular flexibility index (Phi) is 12.5. The molecule has 0 bridgehead atoms. The fourth-order valence-corrected chi connectivity index (χ4v) is 1.79. The van der Waals surface area contributed by atoms with Gasteiger partial charge in [0.15, 0.2) is 0 Å². The van der Waals surface area contributed by atoms with E-state index in [9.17, 15) is 9.59 Å². The van der Waals surface area contributed by atoms with Gasteiger partial charge in [-0.15, -0.1) is 0 Å². The van der Waals surface area contributed by atoms with E-state index in [1.54, 1.807) is 0 Å². The van der Waals surface area contributed by atoms with Gasteiger partial charge in [0.1, 0.15) is 0 Å². The number of hydrogen-bond acceptors (Lipinski definition) is 3. The molecule has 4 heteroatoms. The Balaban J connectivity index is 3.15. The number of unbranched alkanes of at least 4 members (excludes halogenated alkanes) is 7. The minimum Gasteiger partial charge on any atom is -0.466 e. The van der Waals surface area contributed by atoms with Crippen LogP contribution in [-0.2, 0) is 14.3 Å². The third kappa shape index (κ3) is 13.5. The van der Waals surface area contributed by atoms with E-state index >= 15 is 0 Å². The van der Waals surface area contributed by atoms with Crippen LogP contribution in [0.25, 0.3) is 0 Å². The number of carbonyl (C=O) groups excluding carboxylic acids is 2. The van der Waals surface area contributed by atoms with Gasteiger partial charge in [0.05, 0.1) is 13.0 Å². The minimum atomic E-state index is -0.487. The average Bonchev–Trinajstić information content (AvgIpc) is 2.34. The molecule has 0 radical (unpaired) electrons. The van der Waals surface area contributed by atoms with Gasteiger partial charge in [0.25, 0.3) is 0 Å². The Morgan fingerprint density at radius 1 is 0.889 bits per heavy atom. The summed E-state index contributed by atoms with van der Waals surface area (Å²) in [4.78, 5) is 21.6. The van der Waals surface area contributed by atoms with Crippen LogP contribution in [0.15, 0.2) is 0 Å². The molecule has 0 aliphatic carbocycles. The number of rotatable bonds is 12. The van der Waals surface area contributed by atoms with Crippen molar-refractivity contribution in [2.24, 2.45) is 0 Å². The van der Waals surface area contributed by atoms with Crippen molar-refractivity contribution in [1.29, 1.82) is 0 Å². The molecule has 0 saturated carbocycles. The predicted octanol–water partition coefficient (Wildman–Crippen LogP) is 4.22. The number of halogens is 1. The normalized spacial score (nSPS) is 10.3. The van der Waals surface area contributed by atoms with Crippen LogP contribution in [0.5, 0.6) is 0 Å². The third-order valence-corrected chi connectivity index (χ3v) is 2.98. The molecule has 0 aromatic carbocycles. The van der Waals surface area contributed by atoms with Gasteiger partial charge in [-0.25, -0.2) is 0 Å². The fraction of sp³-hybridized carbons (Fsp3) is 0.857. The molecule has 0 atom stereocenters. The molecular formula is C14H25ClO3. The van der Waals surface area contributed by atoms with Crippen LogP contribution < -0.4 is 0 Å². The molecule has 106 valence electrons. The molecule has 0 fully saturated rings. The summed E-state index contributed by atoms with van der Waals surface area (Å²) in [6, 6.07) is 0. The van der Waals surface area contributed by atoms with Crippen LogP contribution in [0, 0.1) is 0 Å². The SMILES string of the molecule is CCCCCCCCCCOC(=O)CCC(=O)Cl. The molecule has 0 aromatic heterocycles. The summed E-state index contributed by atoms with van der Waals surface area (Å²) < 4.78 is 4.99. The van der Waals surface area contributed by atoms with E-state index in [1.807, 2.05) is 0 Å². The van der Waals surface area contributed by atoms with Crippen LogP contribution >= 0.6 is 11.6 Å². The summed E-state index contributed by atoms with van der Waals surface area (Å²) in [5.41, 5.74) is 0. The molecule has 0 heterocycles. The van der Waals surface area contributed by atoms with E-state index in [1.165, 1.54) is 38.5 Å². The van der Waals surface area contributed by atoms with E-state index in [0.717, 1.165) is 12.8 Å². The number of ether oxygens (including phenoxy) is 1. The van der Waals surface area contributed by atoms with E-state index in [2.05, 4.69) is 6.92 Å². The van der Waals surface area contributed by atoms with Crippen molar-refractivity contribution < 1.29 is 14.3 Å². The predicted molar refractivity (Wildman–Crippen MR) is 73.7 cm³/mol. The molecule has 0 aliphatic rings. The molecular weight excluding hydrogens is 252 g/mol. The lowest BCUT2D eigenvalue weighted by Crippen LogP contribution is -2.06. The maximum absolute atomic E-state index is 11.1. The quantitative estimate of drug-likeness (QED) is 0.305. The second-order valence-corrected chi connectivity index (χ2v) is 4.97. The second-order valence-electron chi connectivity index (χ2n) is 4.55. The van der Waals surface area contributed by atoms with Crippen molar-refractivity contribution in [2.75, 3.05) is 6.61 Å². The second kappa shape index (κ2) is 12.9. The maximum atomic E-state index is 11.1. The first-order chi connectivity index (χ1) is 8.66. The molecule has 0 spiro atoms. The van der Waals surface area contributed by atoms with Gasteiger partial charge in [-0.05, 0) is 18.0 Å². The van der Waals surface area contributed by atoms with Crippen LogP contribution in [0.2, 0.25) is 0 Å². The van der Waals surface area contributed by atoms with Gasteiger partial charge in [-0.2, -0.15) is 0 Å². The van der Waals surface area contributed by atoms with Gasteiger partial charge < -0.3 is 4.74 Å². The van der Waals surface area contributed by atoms with Crippen molar-refractivity contribution in [1.82, 2.24) is 0 Å². The lowest BCUT2D eigenvalue weighted by atomic mass is 10.1. The molecule has 0 rings (SSSR count). The van der Waals surface area contributed by atoms with Gasteiger partial charge in [-0.3, -0.25) is 9.59 Å².